The average Bonchev–Trinajstić information content (AvgIpc) is 2.45. The highest BCUT2D eigenvalue weighted by molar-refractivity contribution is 7.89. The van der Waals surface area contributed by atoms with Crippen LogP contribution in [0.4, 0.5) is 0 Å². The second kappa shape index (κ2) is 7.26. The second-order valence-electron chi connectivity index (χ2n) is 5.44. The number of sulfonamides is 1. The third-order valence-corrected chi connectivity index (χ3v) is 5.61. The molecule has 1 aliphatic heterocycles. The van der Waals surface area contributed by atoms with Gasteiger partial charge in [0.05, 0.1) is 11.5 Å². The van der Waals surface area contributed by atoms with Gasteiger partial charge in [-0.25, -0.2) is 8.42 Å². The fraction of sp³-hybridized carbons (Fsp3) is 0.500. The van der Waals surface area contributed by atoms with Crippen LogP contribution in [0.5, 0.6) is 0 Å². The molecule has 0 unspecified atom stereocenters. The summed E-state index contributed by atoms with van der Waals surface area (Å²) in [6, 6.07) is 6.67. The van der Waals surface area contributed by atoms with Gasteiger partial charge >= 0.3 is 0 Å². The molecule has 22 heavy (non-hydrogen) atoms. The third-order valence-electron chi connectivity index (χ3n) is 3.61. The van der Waals surface area contributed by atoms with Gasteiger partial charge in [0.1, 0.15) is 12.4 Å². The summed E-state index contributed by atoms with van der Waals surface area (Å²) in [5.41, 5.74) is 1.04. The van der Waals surface area contributed by atoms with E-state index in [0.29, 0.717) is 36.8 Å². The van der Waals surface area contributed by atoms with Gasteiger partial charge in [-0.3, -0.25) is 0 Å². The highest BCUT2D eigenvalue weighted by Gasteiger charge is 2.29. The highest BCUT2D eigenvalue weighted by Crippen LogP contribution is 2.22. The fourth-order valence-electron chi connectivity index (χ4n) is 2.44. The van der Waals surface area contributed by atoms with Gasteiger partial charge in [-0.1, -0.05) is 17.7 Å². The summed E-state index contributed by atoms with van der Waals surface area (Å²) in [6.45, 7) is 5.07. The van der Waals surface area contributed by atoms with Crippen LogP contribution in [-0.2, 0) is 19.5 Å². The third kappa shape index (κ3) is 3.88. The zero-order valence-electron chi connectivity index (χ0n) is 13.3. The second-order valence-corrected chi connectivity index (χ2v) is 7.33. The molecule has 122 valence electrons. The molecule has 0 bridgehead atoms. The first-order valence-electron chi connectivity index (χ1n) is 7.36. The molecule has 0 radical (unpaired) electrons. The predicted molar refractivity (Wildman–Crippen MR) is 85.1 cm³/mol. The number of methoxy groups -OCH3 is 1. The van der Waals surface area contributed by atoms with Crippen molar-refractivity contribution in [2.75, 3.05) is 26.9 Å². The van der Waals surface area contributed by atoms with Crippen molar-refractivity contribution in [3.8, 4) is 0 Å². The lowest BCUT2D eigenvalue weighted by Crippen LogP contribution is -2.40. The van der Waals surface area contributed by atoms with Crippen molar-refractivity contribution in [1.82, 2.24) is 4.31 Å². The zero-order valence-corrected chi connectivity index (χ0v) is 14.1. The molecule has 6 heteroatoms. The summed E-state index contributed by atoms with van der Waals surface area (Å²) in [7, 11) is -1.92. The Morgan fingerprint density at radius 1 is 1.32 bits per heavy atom. The summed E-state index contributed by atoms with van der Waals surface area (Å²) in [6.07, 6.45) is 2.46. The summed E-state index contributed by atoms with van der Waals surface area (Å²) in [5, 5.41) is 0. The molecule has 0 amide bonds. The number of hydrogen-bond acceptors (Lipinski definition) is 4. The molecule has 0 fully saturated rings. The number of ether oxygens (including phenoxy) is 2. The molecule has 1 aromatic carbocycles. The van der Waals surface area contributed by atoms with Crippen molar-refractivity contribution < 1.29 is 17.9 Å². The van der Waals surface area contributed by atoms with E-state index in [1.807, 2.05) is 32.1 Å². The topological polar surface area (TPSA) is 55.8 Å². The van der Waals surface area contributed by atoms with Gasteiger partial charge in [-0.2, -0.15) is 4.31 Å². The van der Waals surface area contributed by atoms with Crippen LogP contribution in [0.1, 0.15) is 18.9 Å². The molecule has 5 nitrogen and oxygen atoms in total. The van der Waals surface area contributed by atoms with Crippen LogP contribution in [0.15, 0.2) is 41.0 Å². The highest BCUT2D eigenvalue weighted by atomic mass is 32.2. The van der Waals surface area contributed by atoms with Gasteiger partial charge in [0.25, 0.3) is 0 Å². The molecule has 0 aromatic heterocycles. The molecular formula is C16H23NO4S. The molecule has 2 rings (SSSR count). The lowest BCUT2D eigenvalue weighted by atomic mass is 10.2. The van der Waals surface area contributed by atoms with Crippen molar-refractivity contribution in [2.45, 2.75) is 31.2 Å². The van der Waals surface area contributed by atoms with Crippen molar-refractivity contribution in [1.29, 1.82) is 0 Å². The summed E-state index contributed by atoms with van der Waals surface area (Å²) < 4.78 is 37.9. The Morgan fingerprint density at radius 3 is 2.64 bits per heavy atom. The van der Waals surface area contributed by atoms with Crippen molar-refractivity contribution >= 4 is 10.0 Å². The Labute approximate surface area is 132 Å². The molecule has 0 aliphatic carbocycles. The number of rotatable bonds is 4. The largest absolute Gasteiger partial charge is 0.496 e. The van der Waals surface area contributed by atoms with Crippen molar-refractivity contribution in [3.63, 3.8) is 0 Å². The van der Waals surface area contributed by atoms with Gasteiger partial charge in [-0.05, 0) is 38.5 Å². The molecule has 1 aromatic rings. The maximum Gasteiger partial charge on any atom is 0.243 e. The SMILES string of the molecule is COC/C1=C/[C@H](C)N(S(=O)(=O)c2ccc(C)cc2)CCCO1. The minimum atomic E-state index is -3.51. The van der Waals surface area contributed by atoms with E-state index in [0.717, 1.165) is 5.56 Å². The van der Waals surface area contributed by atoms with Crippen LogP contribution in [0.3, 0.4) is 0 Å². The van der Waals surface area contributed by atoms with E-state index in [1.54, 1.807) is 19.2 Å². The fourth-order valence-corrected chi connectivity index (χ4v) is 4.06. The first kappa shape index (κ1) is 17.0. The lowest BCUT2D eigenvalue weighted by Gasteiger charge is -2.29. The maximum atomic E-state index is 12.9. The number of aryl methyl sites for hydroxylation is 1. The lowest BCUT2D eigenvalue weighted by molar-refractivity contribution is 0.118. The van der Waals surface area contributed by atoms with E-state index >= 15 is 0 Å². The van der Waals surface area contributed by atoms with E-state index in [-0.39, 0.29) is 6.04 Å². The monoisotopic (exact) mass is 325 g/mol. The smallest absolute Gasteiger partial charge is 0.243 e. The van der Waals surface area contributed by atoms with Gasteiger partial charge in [0.2, 0.25) is 10.0 Å². The van der Waals surface area contributed by atoms with Gasteiger partial charge < -0.3 is 9.47 Å². The van der Waals surface area contributed by atoms with Gasteiger partial charge in [0.15, 0.2) is 0 Å². The maximum absolute atomic E-state index is 12.9. The van der Waals surface area contributed by atoms with Crippen LogP contribution < -0.4 is 0 Å². The molecule has 0 saturated carbocycles. The van der Waals surface area contributed by atoms with E-state index in [4.69, 9.17) is 9.47 Å². The van der Waals surface area contributed by atoms with E-state index in [2.05, 4.69) is 0 Å². The van der Waals surface area contributed by atoms with Crippen molar-refractivity contribution in [2.24, 2.45) is 0 Å². The standard InChI is InChI=1S/C16H23NO4S/c1-13-5-7-16(8-6-13)22(18,19)17-9-4-10-21-15(12-20-3)11-14(17)2/h5-8,11,14H,4,9-10,12H2,1-3H3/b15-11-/t14-/m0/s1. The molecule has 1 aliphatic rings. The Bertz CT molecular complexity index is 622. The molecule has 0 spiro atoms. The quantitative estimate of drug-likeness (QED) is 0.852. The van der Waals surface area contributed by atoms with E-state index in [1.165, 1.54) is 4.31 Å². The summed E-state index contributed by atoms with van der Waals surface area (Å²) >= 11 is 0. The number of hydrogen-bond donors (Lipinski definition) is 0. The zero-order chi connectivity index (χ0) is 16.2. The van der Waals surface area contributed by atoms with Gasteiger partial charge in [0, 0.05) is 19.7 Å². The summed E-state index contributed by atoms with van der Waals surface area (Å²) in [4.78, 5) is 0.327. The first-order chi connectivity index (χ1) is 10.4. The molecule has 0 N–H and O–H groups in total. The van der Waals surface area contributed by atoms with Crippen LogP contribution >= 0.6 is 0 Å². The van der Waals surface area contributed by atoms with E-state index < -0.39 is 10.0 Å². The minimum absolute atomic E-state index is 0.281. The molecule has 0 saturated heterocycles. The normalized spacial score (nSPS) is 23.0. The molecule has 1 atom stereocenters. The predicted octanol–water partition coefficient (Wildman–Crippen LogP) is 2.32. The molecular weight excluding hydrogens is 302 g/mol. The Hall–Kier alpha value is -1.37. The van der Waals surface area contributed by atoms with Crippen molar-refractivity contribution in [3.05, 3.63) is 41.7 Å². The Morgan fingerprint density at radius 2 is 2.00 bits per heavy atom. The minimum Gasteiger partial charge on any atom is -0.496 e. The van der Waals surface area contributed by atoms with Crippen LogP contribution in [0.2, 0.25) is 0 Å². The van der Waals surface area contributed by atoms with Crippen LogP contribution in [0, 0.1) is 6.92 Å². The van der Waals surface area contributed by atoms with Gasteiger partial charge in [-0.15, -0.1) is 0 Å². The first-order valence-corrected chi connectivity index (χ1v) is 8.80. The Balaban J connectivity index is 2.31. The number of benzene rings is 1. The van der Waals surface area contributed by atoms with E-state index in [9.17, 15) is 8.42 Å². The Kier molecular flexibility index (Phi) is 5.61. The van der Waals surface area contributed by atoms with Crippen LogP contribution in [-0.4, -0.2) is 45.6 Å². The van der Waals surface area contributed by atoms with Crippen LogP contribution in [0.25, 0.3) is 0 Å². The molecule has 1 heterocycles. The number of nitrogens with zero attached hydrogens (tertiary/aromatic N) is 1. The average molecular weight is 325 g/mol. The summed E-state index contributed by atoms with van der Waals surface area (Å²) in [5.74, 6) is 0.679.